The fourth-order valence-electron chi connectivity index (χ4n) is 6.25. The topological polar surface area (TPSA) is 51.8 Å². The molecule has 2 aromatic carbocycles. The number of hydrogen-bond donors (Lipinski definition) is 0. The van der Waals surface area contributed by atoms with Crippen molar-refractivity contribution in [1.29, 1.82) is 0 Å². The summed E-state index contributed by atoms with van der Waals surface area (Å²) >= 11 is 0. The van der Waals surface area contributed by atoms with E-state index >= 15 is 0 Å². The molecule has 4 aromatic heterocycles. The summed E-state index contributed by atoms with van der Waals surface area (Å²) in [7, 11) is -1.34. The van der Waals surface area contributed by atoms with Crippen LogP contribution < -0.4 is 5.19 Å². The van der Waals surface area contributed by atoms with Crippen LogP contribution in [0.3, 0.4) is 0 Å². The van der Waals surface area contributed by atoms with E-state index in [1.165, 1.54) is 34.7 Å². The molecule has 0 aliphatic heterocycles. The summed E-state index contributed by atoms with van der Waals surface area (Å²) in [5, 5.41) is 3.63. The average molecular weight is 788 g/mol. The Balaban J connectivity index is 0.000000177. The number of benzene rings is 2. The molecule has 0 saturated carbocycles. The van der Waals surface area contributed by atoms with E-state index in [0.717, 1.165) is 63.8 Å². The molecule has 4 nitrogen and oxygen atoms in total. The van der Waals surface area contributed by atoms with E-state index in [0.29, 0.717) is 11.6 Å². The molecule has 0 N–H and O–H groups in total. The second-order valence-electron chi connectivity index (χ2n) is 13.4. The first-order valence-corrected chi connectivity index (χ1v) is 19.3. The van der Waals surface area contributed by atoms with E-state index in [-0.39, 0.29) is 20.1 Å². The summed E-state index contributed by atoms with van der Waals surface area (Å²) in [6.07, 6.45) is 9.86. The van der Waals surface area contributed by atoms with Crippen molar-refractivity contribution in [3.8, 4) is 22.5 Å². The number of pyridine rings is 3. The third kappa shape index (κ3) is 7.19. The van der Waals surface area contributed by atoms with Crippen molar-refractivity contribution in [2.24, 2.45) is 5.92 Å². The molecule has 4 heterocycles. The molecule has 1 aliphatic rings. The van der Waals surface area contributed by atoms with Gasteiger partial charge < -0.3 is 14.4 Å². The second kappa shape index (κ2) is 13.9. The molecule has 0 saturated heterocycles. The van der Waals surface area contributed by atoms with Crippen LogP contribution in [0.4, 0.5) is 0 Å². The first-order valence-electron chi connectivity index (χ1n) is 15.8. The number of furan rings is 1. The van der Waals surface area contributed by atoms with Gasteiger partial charge in [0.1, 0.15) is 0 Å². The number of aryl methyl sites for hydroxylation is 2. The van der Waals surface area contributed by atoms with Crippen LogP contribution in [0.1, 0.15) is 49.1 Å². The van der Waals surface area contributed by atoms with Crippen molar-refractivity contribution in [3.63, 3.8) is 0 Å². The molecule has 1 aliphatic carbocycles. The van der Waals surface area contributed by atoms with Gasteiger partial charge in [-0.3, -0.25) is 0 Å². The fraction of sp³-hybridized carbons (Fsp3) is 0.308. The largest absolute Gasteiger partial charge is 0.486 e. The zero-order valence-electron chi connectivity index (χ0n) is 27.1. The summed E-state index contributed by atoms with van der Waals surface area (Å²) in [6.45, 7) is 13.7. The Kier molecular flexibility index (Phi) is 10.2. The number of hydrogen-bond acceptors (Lipinski definition) is 4. The van der Waals surface area contributed by atoms with Gasteiger partial charge in [0, 0.05) is 43.6 Å². The first kappa shape index (κ1) is 32.9. The Hall–Kier alpha value is -3.44. The van der Waals surface area contributed by atoms with Gasteiger partial charge >= 0.3 is 0 Å². The first-order chi connectivity index (χ1) is 21.2. The maximum absolute atomic E-state index is 6.13. The van der Waals surface area contributed by atoms with Crippen LogP contribution in [0.5, 0.6) is 0 Å². The van der Waals surface area contributed by atoms with E-state index in [4.69, 9.17) is 4.42 Å². The van der Waals surface area contributed by atoms with Crippen LogP contribution in [0.2, 0.25) is 19.6 Å². The molecule has 0 amide bonds. The van der Waals surface area contributed by atoms with Gasteiger partial charge in [0.25, 0.3) is 0 Å². The van der Waals surface area contributed by atoms with Gasteiger partial charge in [-0.2, -0.15) is 0 Å². The quantitative estimate of drug-likeness (QED) is 0.129. The van der Waals surface area contributed by atoms with Gasteiger partial charge in [-0.1, -0.05) is 67.2 Å². The van der Waals surface area contributed by atoms with Crippen molar-refractivity contribution in [3.05, 3.63) is 108 Å². The minimum atomic E-state index is -1.34. The molecule has 0 fully saturated rings. The zero-order chi connectivity index (χ0) is 30.8. The summed E-state index contributed by atoms with van der Waals surface area (Å²) in [4.78, 5) is 13.9. The van der Waals surface area contributed by atoms with E-state index < -0.39 is 8.07 Å². The molecule has 6 heteroatoms. The Morgan fingerprint density at radius 1 is 0.911 bits per heavy atom. The van der Waals surface area contributed by atoms with Crippen LogP contribution in [0.25, 0.3) is 44.6 Å². The Morgan fingerprint density at radius 3 is 2.49 bits per heavy atom. The van der Waals surface area contributed by atoms with Gasteiger partial charge in [0.05, 0.1) is 13.7 Å². The third-order valence-corrected chi connectivity index (χ3v) is 10.4. The van der Waals surface area contributed by atoms with Gasteiger partial charge in [-0.15, -0.1) is 54.1 Å². The van der Waals surface area contributed by atoms with E-state index in [1.807, 2.05) is 43.5 Å². The number of aromatic nitrogens is 3. The molecule has 7 rings (SSSR count). The number of nitrogens with zero attached hydrogens (tertiary/aromatic N) is 3. The summed E-state index contributed by atoms with van der Waals surface area (Å²) < 4.78 is 6.13. The average Bonchev–Trinajstić information content (AvgIpc) is 3.38. The molecule has 45 heavy (non-hydrogen) atoms. The van der Waals surface area contributed by atoms with E-state index in [2.05, 4.69) is 97.1 Å². The number of rotatable bonds is 5. The fourth-order valence-corrected chi connectivity index (χ4v) is 7.84. The molecule has 1 radical (unpaired) electrons. The molecule has 0 spiro atoms. The van der Waals surface area contributed by atoms with Crippen LogP contribution in [0.15, 0.2) is 77.5 Å². The summed E-state index contributed by atoms with van der Waals surface area (Å²) in [6, 6.07) is 27.3. The predicted octanol–water partition coefficient (Wildman–Crippen LogP) is 9.32. The molecule has 0 bridgehead atoms. The van der Waals surface area contributed by atoms with Gasteiger partial charge in [-0.05, 0) is 79.7 Å². The predicted molar refractivity (Wildman–Crippen MR) is 185 cm³/mol. The number of fused-ring (bicyclic) bond motifs is 4. The van der Waals surface area contributed by atoms with E-state index in [1.54, 1.807) is 0 Å². The normalized spacial score (nSPS) is 12.9. The SMILES string of the molecule is CC(C)Cc1cc(-c2[c-]cccc2)ncc1[Si](C)(C)C.Cc1ccc2c(n1)oc1c(-c3nccc4c3CCCC4)[c-]ccc12.[Ir]. The minimum Gasteiger partial charge on any atom is -0.486 e. The summed E-state index contributed by atoms with van der Waals surface area (Å²) in [5.41, 5.74) is 10.9. The van der Waals surface area contributed by atoms with Crippen LogP contribution in [0, 0.1) is 25.0 Å². The van der Waals surface area contributed by atoms with Crippen molar-refractivity contribution >= 4 is 35.3 Å². The molecule has 6 aromatic rings. The van der Waals surface area contributed by atoms with Gasteiger partial charge in [0.15, 0.2) is 0 Å². The van der Waals surface area contributed by atoms with Crippen LogP contribution >= 0.6 is 0 Å². The van der Waals surface area contributed by atoms with Gasteiger partial charge in [0.2, 0.25) is 5.71 Å². The Morgan fingerprint density at radius 2 is 1.73 bits per heavy atom. The Bertz CT molecular complexity index is 1930. The maximum atomic E-state index is 6.13. The molecule has 233 valence electrons. The van der Waals surface area contributed by atoms with Crippen LogP contribution in [-0.2, 0) is 39.4 Å². The minimum absolute atomic E-state index is 0. The maximum Gasteiger partial charge on any atom is 0.216 e. The monoisotopic (exact) mass is 788 g/mol. The molecular formula is C39H41IrN3OSi-2. The van der Waals surface area contributed by atoms with Crippen molar-refractivity contribution in [1.82, 2.24) is 15.0 Å². The molecule has 0 atom stereocenters. The van der Waals surface area contributed by atoms with E-state index in [9.17, 15) is 0 Å². The molecular weight excluding hydrogens is 747 g/mol. The zero-order valence-corrected chi connectivity index (χ0v) is 30.5. The van der Waals surface area contributed by atoms with Crippen molar-refractivity contribution in [2.45, 2.75) is 72.5 Å². The van der Waals surface area contributed by atoms with Crippen molar-refractivity contribution in [2.75, 3.05) is 0 Å². The van der Waals surface area contributed by atoms with Gasteiger partial charge in [-0.25, -0.2) is 4.98 Å². The van der Waals surface area contributed by atoms with Crippen LogP contribution in [-0.4, -0.2) is 23.0 Å². The third-order valence-electron chi connectivity index (χ3n) is 8.36. The standard InChI is InChI=1S/C21H17N2O.C18H24NSi.Ir/c1-13-9-10-17-16-7-4-8-18(20(16)24-21(17)23-13)19-15-6-3-2-5-14(15)11-12-22-19;1-14(2)11-16-12-17(15-9-7-6-8-10-15)19-13-18(16)20(3,4)5;/h4,7,9-12H,2-3,5-6H2,1H3;6-9,12-14H,11H2,1-5H3;/q2*-1;. The Labute approximate surface area is 282 Å². The second-order valence-corrected chi connectivity index (χ2v) is 18.4. The van der Waals surface area contributed by atoms with Crippen molar-refractivity contribution < 1.29 is 24.5 Å². The summed E-state index contributed by atoms with van der Waals surface area (Å²) in [5.74, 6) is 0.667. The smallest absolute Gasteiger partial charge is 0.216 e. The molecule has 0 unspecified atom stereocenters.